The molecular weight excluding hydrogens is 508 g/mol. The SMILES string of the molecule is COCC[C@H](C)NC1Oc2nc(-c3nc(C4CC4)[nH]c3-c3ccc(F)cc3F)ccc2N1OS(C)(=O)=O. The van der Waals surface area contributed by atoms with E-state index in [9.17, 15) is 17.2 Å². The number of aromatic nitrogens is 3. The molecule has 2 atom stereocenters. The zero-order valence-corrected chi connectivity index (χ0v) is 21.3. The third-order valence-corrected chi connectivity index (χ3v) is 6.47. The van der Waals surface area contributed by atoms with Gasteiger partial charge in [-0.05, 0) is 50.5 Å². The number of ether oxygens (including phenoxy) is 2. The summed E-state index contributed by atoms with van der Waals surface area (Å²) in [5.74, 6) is -0.364. The molecule has 1 unspecified atom stereocenters. The number of pyridine rings is 1. The third-order valence-electron chi connectivity index (χ3n) is 6.04. The number of imidazole rings is 1. The average molecular weight is 536 g/mol. The summed E-state index contributed by atoms with van der Waals surface area (Å²) in [5.41, 5.74) is 1.56. The second-order valence-electron chi connectivity index (χ2n) is 9.19. The van der Waals surface area contributed by atoms with Crippen LogP contribution in [0.1, 0.15) is 37.9 Å². The van der Waals surface area contributed by atoms with Crippen molar-refractivity contribution >= 4 is 15.8 Å². The van der Waals surface area contributed by atoms with E-state index in [1.807, 2.05) is 6.92 Å². The van der Waals surface area contributed by atoms with E-state index in [-0.39, 0.29) is 29.1 Å². The normalized spacial score (nSPS) is 18.1. The number of nitrogens with one attached hydrogen (secondary N) is 2. The fourth-order valence-corrected chi connectivity index (χ4v) is 4.51. The first-order valence-electron chi connectivity index (χ1n) is 11.8. The van der Waals surface area contributed by atoms with Crippen molar-refractivity contribution in [3.05, 3.63) is 47.8 Å². The van der Waals surface area contributed by atoms with Crippen LogP contribution in [0, 0.1) is 11.6 Å². The predicted octanol–water partition coefficient (Wildman–Crippen LogP) is 3.68. The number of H-pyrrole nitrogens is 1. The average Bonchev–Trinajstić information content (AvgIpc) is 3.51. The van der Waals surface area contributed by atoms with E-state index in [1.165, 1.54) is 12.1 Å². The van der Waals surface area contributed by atoms with E-state index < -0.39 is 28.1 Å². The Hall–Kier alpha value is -3.13. The Morgan fingerprint density at radius 1 is 1.24 bits per heavy atom. The van der Waals surface area contributed by atoms with Gasteiger partial charge in [0.2, 0.25) is 5.88 Å². The van der Waals surface area contributed by atoms with Gasteiger partial charge in [-0.3, -0.25) is 5.32 Å². The van der Waals surface area contributed by atoms with Crippen LogP contribution < -0.4 is 15.1 Å². The molecule has 3 heterocycles. The van der Waals surface area contributed by atoms with Crippen LogP contribution in [0.25, 0.3) is 22.6 Å². The van der Waals surface area contributed by atoms with E-state index in [0.29, 0.717) is 35.9 Å². The largest absolute Gasteiger partial charge is 0.436 e. The Labute approximate surface area is 213 Å². The maximum absolute atomic E-state index is 14.7. The minimum absolute atomic E-state index is 0.107. The van der Waals surface area contributed by atoms with Crippen LogP contribution in [0.15, 0.2) is 30.3 Å². The highest BCUT2D eigenvalue weighted by atomic mass is 32.2. The van der Waals surface area contributed by atoms with Crippen LogP contribution in [0.4, 0.5) is 14.5 Å². The first-order chi connectivity index (χ1) is 17.6. The highest BCUT2D eigenvalue weighted by molar-refractivity contribution is 7.86. The van der Waals surface area contributed by atoms with Crippen molar-refractivity contribution in [2.75, 3.05) is 25.0 Å². The highest BCUT2D eigenvalue weighted by Crippen LogP contribution is 2.43. The van der Waals surface area contributed by atoms with Gasteiger partial charge in [0.1, 0.15) is 28.8 Å². The van der Waals surface area contributed by atoms with Crippen LogP contribution in [-0.2, 0) is 19.1 Å². The van der Waals surface area contributed by atoms with Crippen LogP contribution >= 0.6 is 0 Å². The van der Waals surface area contributed by atoms with E-state index in [0.717, 1.165) is 30.2 Å². The monoisotopic (exact) mass is 535 g/mol. The molecule has 1 fully saturated rings. The number of benzene rings is 1. The van der Waals surface area contributed by atoms with Crippen molar-refractivity contribution in [2.45, 2.75) is 44.5 Å². The lowest BCUT2D eigenvalue weighted by atomic mass is 10.1. The second-order valence-corrected chi connectivity index (χ2v) is 10.7. The van der Waals surface area contributed by atoms with Gasteiger partial charge in [0, 0.05) is 37.3 Å². The Bertz CT molecular complexity index is 1410. The molecule has 1 aliphatic carbocycles. The quantitative estimate of drug-likeness (QED) is 0.401. The van der Waals surface area contributed by atoms with Gasteiger partial charge in [-0.25, -0.2) is 18.7 Å². The number of nitrogens with zero attached hydrogens (tertiary/aromatic N) is 3. The molecule has 0 bridgehead atoms. The lowest BCUT2D eigenvalue weighted by molar-refractivity contribution is 0.0864. The summed E-state index contributed by atoms with van der Waals surface area (Å²) >= 11 is 0. The van der Waals surface area contributed by atoms with Gasteiger partial charge in [-0.1, -0.05) is 0 Å². The van der Waals surface area contributed by atoms with Gasteiger partial charge < -0.3 is 14.5 Å². The van der Waals surface area contributed by atoms with Crippen molar-refractivity contribution in [1.82, 2.24) is 20.3 Å². The lowest BCUT2D eigenvalue weighted by Gasteiger charge is -2.25. The molecule has 0 saturated heterocycles. The summed E-state index contributed by atoms with van der Waals surface area (Å²) in [5, 5.41) is 4.26. The summed E-state index contributed by atoms with van der Waals surface area (Å²) in [6.45, 7) is 2.39. The van der Waals surface area contributed by atoms with Crippen LogP contribution in [-0.4, -0.2) is 55.7 Å². The van der Waals surface area contributed by atoms with E-state index in [1.54, 1.807) is 19.2 Å². The number of hydrogen-bond acceptors (Lipinski definition) is 9. The van der Waals surface area contributed by atoms with Gasteiger partial charge in [0.25, 0.3) is 16.5 Å². The fourth-order valence-electron chi connectivity index (χ4n) is 4.06. The molecule has 2 N–H and O–H groups in total. The molecule has 5 rings (SSSR count). The summed E-state index contributed by atoms with van der Waals surface area (Å²) in [7, 11) is -2.29. The molecule has 2 aliphatic rings. The molecule has 0 amide bonds. The molecule has 3 aromatic rings. The molecule has 1 aromatic carbocycles. The number of rotatable bonds is 10. The predicted molar refractivity (Wildman–Crippen MR) is 131 cm³/mol. The zero-order valence-electron chi connectivity index (χ0n) is 20.5. The molecule has 0 spiro atoms. The van der Waals surface area contributed by atoms with E-state index in [2.05, 4.69) is 20.3 Å². The highest BCUT2D eigenvalue weighted by Gasteiger charge is 2.37. The first-order valence-corrected chi connectivity index (χ1v) is 13.6. The Kier molecular flexibility index (Phi) is 6.88. The van der Waals surface area contributed by atoms with Gasteiger partial charge >= 0.3 is 0 Å². The molecule has 2 aromatic heterocycles. The van der Waals surface area contributed by atoms with E-state index in [4.69, 9.17) is 13.8 Å². The maximum atomic E-state index is 14.7. The first kappa shape index (κ1) is 25.5. The van der Waals surface area contributed by atoms with Crippen molar-refractivity contribution in [3.63, 3.8) is 0 Å². The summed E-state index contributed by atoms with van der Waals surface area (Å²) < 4.78 is 68.4. The molecule has 37 heavy (non-hydrogen) atoms. The zero-order chi connectivity index (χ0) is 26.3. The summed E-state index contributed by atoms with van der Waals surface area (Å²) in [4.78, 5) is 12.4. The topological polar surface area (TPSA) is 119 Å². The molecule has 0 radical (unpaired) electrons. The number of hydrogen-bond donors (Lipinski definition) is 2. The number of halogens is 2. The Balaban J connectivity index is 1.52. The lowest BCUT2D eigenvalue weighted by Crippen LogP contribution is -2.50. The number of hydroxylamine groups is 1. The molecule has 10 nitrogen and oxygen atoms in total. The van der Waals surface area contributed by atoms with Gasteiger partial charge in [0.15, 0.2) is 0 Å². The van der Waals surface area contributed by atoms with E-state index >= 15 is 0 Å². The maximum Gasteiger partial charge on any atom is 0.285 e. The Morgan fingerprint density at radius 2 is 2.03 bits per heavy atom. The number of anilines is 1. The fraction of sp³-hybridized carbons (Fsp3) is 0.417. The van der Waals surface area contributed by atoms with Crippen molar-refractivity contribution in [2.24, 2.45) is 0 Å². The molecular formula is C24H27F2N5O5S. The minimum Gasteiger partial charge on any atom is -0.436 e. The summed E-state index contributed by atoms with van der Waals surface area (Å²) in [6.07, 6.45) is 2.53. The smallest absolute Gasteiger partial charge is 0.285 e. The minimum atomic E-state index is -3.88. The summed E-state index contributed by atoms with van der Waals surface area (Å²) in [6, 6.07) is 6.46. The number of aromatic amines is 1. The van der Waals surface area contributed by atoms with Crippen LogP contribution in [0.5, 0.6) is 5.88 Å². The van der Waals surface area contributed by atoms with Crippen molar-refractivity contribution in [1.29, 1.82) is 0 Å². The molecule has 198 valence electrons. The number of methoxy groups -OCH3 is 1. The molecule has 1 aliphatic heterocycles. The van der Waals surface area contributed by atoms with Crippen LogP contribution in [0.3, 0.4) is 0 Å². The van der Waals surface area contributed by atoms with Gasteiger partial charge in [-0.15, -0.1) is 4.28 Å². The van der Waals surface area contributed by atoms with Crippen molar-refractivity contribution < 1.29 is 31.0 Å². The number of fused-ring (bicyclic) bond motifs is 1. The molecule has 1 saturated carbocycles. The second kappa shape index (κ2) is 9.97. The van der Waals surface area contributed by atoms with Crippen molar-refractivity contribution in [3.8, 4) is 28.5 Å². The van der Waals surface area contributed by atoms with Gasteiger partial charge in [-0.2, -0.15) is 13.5 Å². The van der Waals surface area contributed by atoms with Gasteiger partial charge in [0.05, 0.1) is 17.6 Å². The van der Waals surface area contributed by atoms with Crippen LogP contribution in [0.2, 0.25) is 0 Å². The third kappa shape index (κ3) is 5.59. The standard InChI is InChI=1S/C24H27F2N5O5S/c1-13(10-11-34-2)27-24-31(36-37(3,32)33)19-9-8-18(28-23(19)35-24)21-20(29-22(30-21)14-4-5-14)16-7-6-15(25)12-17(16)26/h6-9,12-14,24,27H,4-5,10-11H2,1-3H3,(H,29,30)/t13-,24?/m0/s1. The Morgan fingerprint density at radius 3 is 2.70 bits per heavy atom. The molecule has 13 heteroatoms.